The van der Waals surface area contributed by atoms with Crippen LogP contribution in [0.25, 0.3) is 0 Å². The number of aliphatic hydroxyl groups is 1. The summed E-state index contributed by atoms with van der Waals surface area (Å²) in [5.41, 5.74) is 10.5. The molecule has 192 valence electrons. The quantitative estimate of drug-likeness (QED) is 0.0902. The maximum absolute atomic E-state index is 12.2. The molecule has 0 aliphatic rings. The lowest BCUT2D eigenvalue weighted by atomic mass is 10.1. The van der Waals surface area contributed by atoms with E-state index in [1.807, 2.05) is 0 Å². The predicted octanol–water partition coefficient (Wildman–Crippen LogP) is 1.91. The molecule has 0 fully saturated rings. The van der Waals surface area contributed by atoms with Gasteiger partial charge in [0.1, 0.15) is 25.4 Å². The zero-order valence-electron chi connectivity index (χ0n) is 20.4. The predicted molar refractivity (Wildman–Crippen MR) is 127 cm³/mol. The van der Waals surface area contributed by atoms with E-state index >= 15 is 0 Å². The number of guanidine groups is 1. The Bertz CT molecular complexity index is 581. The number of rotatable bonds is 20. The van der Waals surface area contributed by atoms with Gasteiger partial charge in [0.05, 0.1) is 0 Å². The molecule has 0 rings (SSSR count). The van der Waals surface area contributed by atoms with Gasteiger partial charge in [-0.2, -0.15) is 0 Å². The zero-order valence-corrected chi connectivity index (χ0v) is 20.4. The van der Waals surface area contributed by atoms with E-state index in [0.717, 1.165) is 19.3 Å². The minimum absolute atomic E-state index is 0.0517. The van der Waals surface area contributed by atoms with E-state index in [-0.39, 0.29) is 37.5 Å². The summed E-state index contributed by atoms with van der Waals surface area (Å²) >= 11 is 0. The summed E-state index contributed by atoms with van der Waals surface area (Å²) in [6, 6.07) is -0.877. The van der Waals surface area contributed by atoms with Gasteiger partial charge in [0.2, 0.25) is 5.91 Å². The molecule has 0 radical (unpaired) electrons. The highest BCUT2D eigenvalue weighted by Gasteiger charge is 2.22. The van der Waals surface area contributed by atoms with Crippen molar-refractivity contribution in [1.82, 2.24) is 5.32 Å². The molecule has 33 heavy (non-hydrogen) atoms. The smallest absolute Gasteiger partial charge is 0.328 e. The van der Waals surface area contributed by atoms with Crippen LogP contribution in [-0.4, -0.2) is 60.8 Å². The number of aliphatic hydroxyl groups excluding tert-OH is 1. The Morgan fingerprint density at radius 1 is 0.909 bits per heavy atom. The monoisotopic (exact) mass is 472 g/mol. The minimum atomic E-state index is -1.14. The van der Waals surface area contributed by atoms with Gasteiger partial charge in [-0.05, 0) is 19.3 Å². The van der Waals surface area contributed by atoms with Crippen LogP contribution in [0.1, 0.15) is 90.9 Å². The summed E-state index contributed by atoms with van der Waals surface area (Å²) in [5, 5.41) is 12.4. The number of carbonyl (C=O) groups is 3. The van der Waals surface area contributed by atoms with Crippen molar-refractivity contribution < 1.29 is 29.0 Å². The van der Waals surface area contributed by atoms with E-state index in [0.29, 0.717) is 19.4 Å². The SMILES string of the molecule is CCCCCCCCCCCC(=O)OC[C@@H](O)COC(=O)[C@H](CCCN=C(N)N)NC(C)=O. The number of aliphatic imine (C=N–C) groups is 1. The van der Waals surface area contributed by atoms with Crippen molar-refractivity contribution in [3.05, 3.63) is 0 Å². The van der Waals surface area contributed by atoms with Crippen LogP contribution in [0.3, 0.4) is 0 Å². The molecule has 0 saturated carbocycles. The van der Waals surface area contributed by atoms with Crippen molar-refractivity contribution in [2.75, 3.05) is 19.8 Å². The first-order chi connectivity index (χ1) is 15.8. The lowest BCUT2D eigenvalue weighted by Gasteiger charge is -2.18. The Labute approximate surface area is 197 Å². The average Bonchev–Trinajstić information content (AvgIpc) is 2.76. The standard InChI is InChI=1S/C23H44N4O6/c1-3-4-5-6-7-8-9-10-11-14-21(30)32-16-19(29)17-33-22(31)20(27-18(2)28)13-12-15-26-23(24)25/h19-20,29H,3-17H2,1-2H3,(H,27,28)(H4,24,25,26)/t19-,20+/m1/s1. The van der Waals surface area contributed by atoms with Gasteiger partial charge in [0.15, 0.2) is 5.96 Å². The van der Waals surface area contributed by atoms with Crippen LogP contribution in [0.15, 0.2) is 4.99 Å². The molecule has 0 aromatic rings. The number of nitrogens with zero attached hydrogens (tertiary/aromatic N) is 1. The minimum Gasteiger partial charge on any atom is -0.463 e. The van der Waals surface area contributed by atoms with E-state index in [1.165, 1.54) is 45.4 Å². The van der Waals surface area contributed by atoms with Crippen molar-refractivity contribution in [3.8, 4) is 0 Å². The molecular formula is C23H44N4O6. The second-order valence-electron chi connectivity index (χ2n) is 8.25. The van der Waals surface area contributed by atoms with Crippen LogP contribution in [-0.2, 0) is 23.9 Å². The summed E-state index contributed by atoms with van der Waals surface area (Å²) in [6.45, 7) is 3.21. The first-order valence-electron chi connectivity index (χ1n) is 12.1. The third kappa shape index (κ3) is 20.0. The molecule has 10 nitrogen and oxygen atoms in total. The third-order valence-corrected chi connectivity index (χ3v) is 4.95. The van der Waals surface area contributed by atoms with Crippen LogP contribution >= 0.6 is 0 Å². The van der Waals surface area contributed by atoms with E-state index < -0.39 is 18.1 Å². The van der Waals surface area contributed by atoms with Crippen molar-refractivity contribution >= 4 is 23.8 Å². The highest BCUT2D eigenvalue weighted by atomic mass is 16.6. The van der Waals surface area contributed by atoms with Gasteiger partial charge in [0, 0.05) is 19.9 Å². The molecule has 0 bridgehead atoms. The number of amides is 1. The lowest BCUT2D eigenvalue weighted by molar-refractivity contribution is -0.154. The normalized spacial score (nSPS) is 12.5. The lowest BCUT2D eigenvalue weighted by Crippen LogP contribution is -2.42. The Morgan fingerprint density at radius 2 is 1.48 bits per heavy atom. The highest BCUT2D eigenvalue weighted by molar-refractivity contribution is 5.83. The molecule has 1 amide bonds. The number of unbranched alkanes of at least 4 members (excludes halogenated alkanes) is 8. The fraction of sp³-hybridized carbons (Fsp3) is 0.826. The molecule has 0 aliphatic carbocycles. The first kappa shape index (κ1) is 30.6. The van der Waals surface area contributed by atoms with Crippen molar-refractivity contribution in [1.29, 1.82) is 0 Å². The summed E-state index contributed by atoms with van der Waals surface area (Å²) in [4.78, 5) is 39.1. The average molecular weight is 473 g/mol. The number of hydrogen-bond donors (Lipinski definition) is 4. The summed E-state index contributed by atoms with van der Waals surface area (Å²) in [6.07, 6.45) is 10.3. The first-order valence-corrected chi connectivity index (χ1v) is 12.1. The largest absolute Gasteiger partial charge is 0.463 e. The molecule has 0 saturated heterocycles. The van der Waals surface area contributed by atoms with Gasteiger partial charge in [-0.3, -0.25) is 14.6 Å². The molecule has 10 heteroatoms. The zero-order chi connectivity index (χ0) is 24.9. The van der Waals surface area contributed by atoms with Gasteiger partial charge in [-0.1, -0.05) is 58.3 Å². The molecule has 0 aromatic carbocycles. The van der Waals surface area contributed by atoms with Gasteiger partial charge in [-0.15, -0.1) is 0 Å². The highest BCUT2D eigenvalue weighted by Crippen LogP contribution is 2.11. The topological polar surface area (TPSA) is 166 Å². The van der Waals surface area contributed by atoms with Gasteiger partial charge in [-0.25, -0.2) is 4.79 Å². The Balaban J connectivity index is 3.98. The van der Waals surface area contributed by atoms with E-state index in [1.54, 1.807) is 0 Å². The number of carbonyl (C=O) groups excluding carboxylic acids is 3. The summed E-state index contributed by atoms with van der Waals surface area (Å²) < 4.78 is 10.1. The summed E-state index contributed by atoms with van der Waals surface area (Å²) in [7, 11) is 0. The molecule has 0 spiro atoms. The molecule has 0 heterocycles. The molecule has 0 unspecified atom stereocenters. The van der Waals surface area contributed by atoms with Crippen molar-refractivity contribution in [2.24, 2.45) is 16.5 Å². The van der Waals surface area contributed by atoms with E-state index in [4.69, 9.17) is 20.9 Å². The Morgan fingerprint density at radius 3 is 2.06 bits per heavy atom. The van der Waals surface area contributed by atoms with Gasteiger partial charge in [0.25, 0.3) is 0 Å². The second-order valence-corrected chi connectivity index (χ2v) is 8.25. The van der Waals surface area contributed by atoms with Crippen molar-refractivity contribution in [2.45, 2.75) is 103 Å². The maximum atomic E-state index is 12.2. The van der Waals surface area contributed by atoms with Crippen LogP contribution in [0.2, 0.25) is 0 Å². The third-order valence-electron chi connectivity index (χ3n) is 4.95. The summed E-state index contributed by atoms with van der Waals surface area (Å²) in [5.74, 6) is -1.50. The Hall–Kier alpha value is -2.36. The Kier molecular flexibility index (Phi) is 18.8. The van der Waals surface area contributed by atoms with E-state index in [9.17, 15) is 19.5 Å². The molecule has 0 aliphatic heterocycles. The molecule has 6 N–H and O–H groups in total. The number of hydrogen-bond acceptors (Lipinski definition) is 7. The maximum Gasteiger partial charge on any atom is 0.328 e. The fourth-order valence-electron chi connectivity index (χ4n) is 3.17. The fourth-order valence-corrected chi connectivity index (χ4v) is 3.17. The number of nitrogens with two attached hydrogens (primary N) is 2. The van der Waals surface area contributed by atoms with Crippen LogP contribution < -0.4 is 16.8 Å². The van der Waals surface area contributed by atoms with Crippen LogP contribution in [0, 0.1) is 0 Å². The van der Waals surface area contributed by atoms with Crippen LogP contribution in [0.5, 0.6) is 0 Å². The number of esters is 2. The van der Waals surface area contributed by atoms with Gasteiger partial charge < -0.3 is 31.4 Å². The van der Waals surface area contributed by atoms with Crippen LogP contribution in [0.4, 0.5) is 0 Å². The molecule has 2 atom stereocenters. The van der Waals surface area contributed by atoms with Gasteiger partial charge >= 0.3 is 11.9 Å². The molecule has 0 aromatic heterocycles. The number of nitrogens with one attached hydrogen (secondary N) is 1. The van der Waals surface area contributed by atoms with E-state index in [2.05, 4.69) is 17.2 Å². The molecular weight excluding hydrogens is 428 g/mol. The number of ether oxygens (including phenoxy) is 2. The second kappa shape index (κ2) is 20.3. The van der Waals surface area contributed by atoms with Crippen molar-refractivity contribution in [3.63, 3.8) is 0 Å².